The lowest BCUT2D eigenvalue weighted by Crippen LogP contribution is -2.42. The smallest absolute Gasteiger partial charge is 0.320 e. The Morgan fingerprint density at radius 3 is 2.57 bits per heavy atom. The molecule has 0 spiro atoms. The van der Waals surface area contributed by atoms with Crippen molar-refractivity contribution in [1.29, 1.82) is 0 Å². The molecule has 0 radical (unpaired) electrons. The number of para-hydroxylation sites is 1. The van der Waals surface area contributed by atoms with E-state index in [0.29, 0.717) is 17.3 Å². The molecule has 6 heteroatoms. The number of halogens is 1. The molecule has 0 saturated carbocycles. The van der Waals surface area contributed by atoms with Crippen molar-refractivity contribution in [3.05, 3.63) is 29.3 Å². The van der Waals surface area contributed by atoms with Crippen molar-refractivity contribution >= 4 is 29.2 Å². The van der Waals surface area contributed by atoms with Crippen molar-refractivity contribution in [3.8, 4) is 0 Å². The van der Waals surface area contributed by atoms with Gasteiger partial charge in [-0.05, 0) is 18.1 Å². The Bertz CT molecular complexity index is 494. The first-order chi connectivity index (χ1) is 9.95. The number of carbonyl (C=O) groups excluding carboxylic acids is 1. The topological polar surface area (TPSA) is 78.4 Å². The minimum Gasteiger partial charge on any atom is -0.480 e. The summed E-state index contributed by atoms with van der Waals surface area (Å²) in [6.07, 6.45) is 0.946. The van der Waals surface area contributed by atoms with Crippen molar-refractivity contribution in [2.45, 2.75) is 32.7 Å². The van der Waals surface area contributed by atoms with Crippen molar-refractivity contribution in [2.75, 3.05) is 11.9 Å². The van der Waals surface area contributed by atoms with Crippen molar-refractivity contribution in [2.24, 2.45) is 5.92 Å². The molecule has 21 heavy (non-hydrogen) atoms. The van der Waals surface area contributed by atoms with Crippen LogP contribution in [0.1, 0.15) is 26.7 Å². The maximum atomic E-state index is 11.8. The third kappa shape index (κ3) is 5.73. The van der Waals surface area contributed by atoms with E-state index in [1.54, 1.807) is 24.3 Å². The number of anilines is 1. The van der Waals surface area contributed by atoms with Crippen LogP contribution in [0.2, 0.25) is 5.02 Å². The number of carboxylic acid groups (broad SMARTS) is 1. The molecule has 1 amide bonds. The third-order valence-corrected chi connectivity index (χ3v) is 3.67. The first-order valence-electron chi connectivity index (χ1n) is 6.96. The zero-order valence-electron chi connectivity index (χ0n) is 12.2. The lowest BCUT2D eigenvalue weighted by Gasteiger charge is -2.20. The van der Waals surface area contributed by atoms with Crippen LogP contribution in [0.25, 0.3) is 0 Å². The molecule has 3 N–H and O–H groups in total. The summed E-state index contributed by atoms with van der Waals surface area (Å²) in [5.41, 5.74) is 0.556. The summed E-state index contributed by atoms with van der Waals surface area (Å²) in [5.74, 6) is -1.09. The van der Waals surface area contributed by atoms with Crippen LogP contribution in [0, 0.1) is 5.92 Å². The second kappa shape index (κ2) is 8.64. The largest absolute Gasteiger partial charge is 0.480 e. The van der Waals surface area contributed by atoms with Gasteiger partial charge < -0.3 is 15.7 Å². The quantitative estimate of drug-likeness (QED) is 0.689. The van der Waals surface area contributed by atoms with Gasteiger partial charge in [-0.15, -0.1) is 0 Å². The maximum Gasteiger partial charge on any atom is 0.320 e. The number of hydrogen-bond acceptors (Lipinski definition) is 3. The average molecular weight is 313 g/mol. The summed E-state index contributed by atoms with van der Waals surface area (Å²) in [6.45, 7) is 4.11. The predicted molar refractivity (Wildman–Crippen MR) is 83.6 cm³/mol. The van der Waals surface area contributed by atoms with Gasteiger partial charge in [0.2, 0.25) is 5.91 Å². The van der Waals surface area contributed by atoms with Gasteiger partial charge in [0.1, 0.15) is 6.04 Å². The molecule has 0 fully saturated rings. The lowest BCUT2D eigenvalue weighted by molar-refractivity contribution is -0.141. The minimum absolute atomic E-state index is 0.00845. The molecule has 0 aromatic heterocycles. The zero-order valence-corrected chi connectivity index (χ0v) is 13.0. The van der Waals surface area contributed by atoms with Crippen LogP contribution in [-0.4, -0.2) is 29.6 Å². The van der Waals surface area contributed by atoms with E-state index in [4.69, 9.17) is 16.7 Å². The van der Waals surface area contributed by atoms with E-state index in [9.17, 15) is 9.59 Å². The van der Waals surface area contributed by atoms with Gasteiger partial charge in [0, 0.05) is 13.0 Å². The van der Waals surface area contributed by atoms with Gasteiger partial charge in [-0.1, -0.05) is 44.0 Å². The molecular formula is C15H21ClN2O3. The zero-order chi connectivity index (χ0) is 15.8. The summed E-state index contributed by atoms with van der Waals surface area (Å²) < 4.78 is 0. The van der Waals surface area contributed by atoms with E-state index in [2.05, 4.69) is 10.6 Å². The molecular weight excluding hydrogens is 292 g/mol. The van der Waals surface area contributed by atoms with E-state index < -0.39 is 12.0 Å². The summed E-state index contributed by atoms with van der Waals surface area (Å²) in [5, 5.41) is 15.2. The Balaban J connectivity index is 2.43. The molecule has 0 bridgehead atoms. The van der Waals surface area contributed by atoms with Crippen molar-refractivity contribution in [3.63, 3.8) is 0 Å². The van der Waals surface area contributed by atoms with Gasteiger partial charge in [0.15, 0.2) is 0 Å². The fraction of sp³-hybridized carbons (Fsp3) is 0.467. The molecule has 0 aliphatic heterocycles. The minimum atomic E-state index is -0.893. The highest BCUT2D eigenvalue weighted by atomic mass is 35.5. The second-order valence-electron chi connectivity index (χ2n) is 4.93. The van der Waals surface area contributed by atoms with Crippen LogP contribution in [0.5, 0.6) is 0 Å². The van der Waals surface area contributed by atoms with E-state index in [1.165, 1.54) is 0 Å². The predicted octanol–water partition coefficient (Wildman–Crippen LogP) is 2.76. The second-order valence-corrected chi connectivity index (χ2v) is 5.34. The number of nitrogens with one attached hydrogen (secondary N) is 2. The molecule has 1 aromatic carbocycles. The third-order valence-electron chi connectivity index (χ3n) is 3.34. The molecule has 0 unspecified atom stereocenters. The number of rotatable bonds is 8. The van der Waals surface area contributed by atoms with E-state index in [1.807, 2.05) is 13.8 Å². The summed E-state index contributed by atoms with van der Waals surface area (Å²) in [6, 6.07) is 6.33. The van der Waals surface area contributed by atoms with E-state index >= 15 is 0 Å². The first kappa shape index (κ1) is 17.5. The van der Waals surface area contributed by atoms with Gasteiger partial charge in [-0.25, -0.2) is 0 Å². The summed E-state index contributed by atoms with van der Waals surface area (Å²) in [7, 11) is 0. The molecule has 0 saturated heterocycles. The van der Waals surface area contributed by atoms with Crippen molar-refractivity contribution in [1.82, 2.24) is 5.32 Å². The molecule has 2 atom stereocenters. The Morgan fingerprint density at radius 1 is 1.33 bits per heavy atom. The Hall–Kier alpha value is -1.59. The van der Waals surface area contributed by atoms with Gasteiger partial charge in [0.25, 0.3) is 0 Å². The molecule has 116 valence electrons. The average Bonchev–Trinajstić information content (AvgIpc) is 2.45. The fourth-order valence-electron chi connectivity index (χ4n) is 1.88. The number of benzene rings is 1. The standard InChI is InChI=1S/C15H21ClN2O3/c1-3-10(2)14(15(20)21)17-9-8-13(19)18-12-7-5-4-6-11(12)16/h4-7,10,14,17H,3,8-9H2,1-2H3,(H,18,19)(H,20,21)/t10-,14-/m0/s1. The number of hydrogen-bond donors (Lipinski definition) is 3. The lowest BCUT2D eigenvalue weighted by atomic mass is 9.99. The van der Waals surface area contributed by atoms with Gasteiger partial charge >= 0.3 is 5.97 Å². The maximum absolute atomic E-state index is 11.8. The van der Waals surface area contributed by atoms with Gasteiger partial charge in [0.05, 0.1) is 10.7 Å². The Morgan fingerprint density at radius 2 is 2.00 bits per heavy atom. The van der Waals surface area contributed by atoms with Crippen LogP contribution >= 0.6 is 11.6 Å². The molecule has 5 nitrogen and oxygen atoms in total. The summed E-state index contributed by atoms with van der Waals surface area (Å²) in [4.78, 5) is 22.9. The summed E-state index contributed by atoms with van der Waals surface area (Å²) >= 11 is 5.95. The number of carbonyl (C=O) groups is 2. The van der Waals surface area contributed by atoms with E-state index in [-0.39, 0.29) is 18.2 Å². The Kier molecular flexibility index (Phi) is 7.19. The van der Waals surface area contributed by atoms with Crippen LogP contribution in [0.4, 0.5) is 5.69 Å². The highest BCUT2D eigenvalue weighted by Gasteiger charge is 2.22. The Labute approximate surface area is 129 Å². The molecule has 1 aromatic rings. The molecule has 0 heterocycles. The first-order valence-corrected chi connectivity index (χ1v) is 7.34. The molecule has 1 rings (SSSR count). The van der Waals surface area contributed by atoms with Crippen molar-refractivity contribution < 1.29 is 14.7 Å². The number of amides is 1. The molecule has 0 aliphatic rings. The monoisotopic (exact) mass is 312 g/mol. The highest BCUT2D eigenvalue weighted by Crippen LogP contribution is 2.20. The van der Waals surface area contributed by atoms with Crippen LogP contribution in [-0.2, 0) is 9.59 Å². The highest BCUT2D eigenvalue weighted by molar-refractivity contribution is 6.33. The number of aliphatic carboxylic acids is 1. The fourth-order valence-corrected chi connectivity index (χ4v) is 2.07. The molecule has 0 aliphatic carbocycles. The normalized spacial score (nSPS) is 13.5. The number of carboxylic acids is 1. The van der Waals surface area contributed by atoms with Gasteiger partial charge in [-0.3, -0.25) is 9.59 Å². The van der Waals surface area contributed by atoms with Crippen LogP contribution in [0.3, 0.4) is 0 Å². The van der Waals surface area contributed by atoms with E-state index in [0.717, 1.165) is 6.42 Å². The van der Waals surface area contributed by atoms with Gasteiger partial charge in [-0.2, -0.15) is 0 Å². The SMILES string of the molecule is CC[C@H](C)[C@H](NCCC(=O)Nc1ccccc1Cl)C(=O)O. The van der Waals surface area contributed by atoms with Crippen LogP contribution < -0.4 is 10.6 Å². The van der Waals surface area contributed by atoms with Crippen LogP contribution in [0.15, 0.2) is 24.3 Å².